The second-order valence-electron chi connectivity index (χ2n) is 4.00. The molecular formula is C11H11BrO2. The molecule has 0 aromatic heterocycles. The molecule has 0 heterocycles. The fourth-order valence-electron chi connectivity index (χ4n) is 1.81. The molecular weight excluding hydrogens is 244 g/mol. The molecule has 1 aromatic rings. The van der Waals surface area contributed by atoms with Gasteiger partial charge < -0.3 is 5.11 Å². The standard InChI is InChI=1S/C11H11BrO2/c1-11(10(13)14)6-8(11)7-4-2-3-5-9(7)12/h2-5,8H,6H2,1H3,(H,13,14)/t8-,11+/m0/s1. The number of carboxylic acid groups (broad SMARTS) is 1. The molecule has 2 atom stereocenters. The van der Waals surface area contributed by atoms with Gasteiger partial charge in [-0.1, -0.05) is 34.1 Å². The van der Waals surface area contributed by atoms with E-state index in [1.807, 2.05) is 24.3 Å². The van der Waals surface area contributed by atoms with Crippen LogP contribution in [0, 0.1) is 5.41 Å². The van der Waals surface area contributed by atoms with Crippen molar-refractivity contribution in [2.75, 3.05) is 0 Å². The Kier molecular flexibility index (Phi) is 2.14. The molecule has 14 heavy (non-hydrogen) atoms. The highest BCUT2D eigenvalue weighted by molar-refractivity contribution is 9.10. The first kappa shape index (κ1) is 9.71. The lowest BCUT2D eigenvalue weighted by molar-refractivity contribution is -0.142. The third kappa shape index (κ3) is 1.36. The van der Waals surface area contributed by atoms with Crippen molar-refractivity contribution in [3.8, 4) is 0 Å². The normalized spacial score (nSPS) is 30.0. The highest BCUT2D eigenvalue weighted by atomic mass is 79.9. The second-order valence-corrected chi connectivity index (χ2v) is 4.86. The summed E-state index contributed by atoms with van der Waals surface area (Å²) in [5.74, 6) is -0.533. The van der Waals surface area contributed by atoms with Gasteiger partial charge in [-0.25, -0.2) is 0 Å². The molecule has 1 aliphatic carbocycles. The van der Waals surface area contributed by atoms with E-state index in [4.69, 9.17) is 5.11 Å². The highest BCUT2D eigenvalue weighted by Crippen LogP contribution is 2.60. The summed E-state index contributed by atoms with van der Waals surface area (Å²) in [6.45, 7) is 1.80. The Hall–Kier alpha value is -0.830. The third-order valence-corrected chi connectivity index (χ3v) is 3.73. The summed E-state index contributed by atoms with van der Waals surface area (Å²) in [6, 6.07) is 7.83. The van der Waals surface area contributed by atoms with Crippen molar-refractivity contribution in [2.24, 2.45) is 5.41 Å². The van der Waals surface area contributed by atoms with Crippen molar-refractivity contribution in [1.82, 2.24) is 0 Å². The fraction of sp³-hybridized carbons (Fsp3) is 0.364. The van der Waals surface area contributed by atoms with E-state index >= 15 is 0 Å². The molecule has 0 unspecified atom stereocenters. The zero-order valence-corrected chi connectivity index (χ0v) is 9.41. The van der Waals surface area contributed by atoms with E-state index in [2.05, 4.69) is 15.9 Å². The maximum atomic E-state index is 11.0. The molecule has 0 saturated heterocycles. The molecule has 1 saturated carbocycles. The van der Waals surface area contributed by atoms with Gasteiger partial charge in [0.05, 0.1) is 5.41 Å². The van der Waals surface area contributed by atoms with Gasteiger partial charge in [0.2, 0.25) is 0 Å². The third-order valence-electron chi connectivity index (χ3n) is 3.01. The van der Waals surface area contributed by atoms with Crippen LogP contribution >= 0.6 is 15.9 Å². The summed E-state index contributed by atoms with van der Waals surface area (Å²) in [4.78, 5) is 11.0. The van der Waals surface area contributed by atoms with Gasteiger partial charge in [0.1, 0.15) is 0 Å². The van der Waals surface area contributed by atoms with Crippen molar-refractivity contribution in [2.45, 2.75) is 19.3 Å². The Morgan fingerprint density at radius 1 is 1.57 bits per heavy atom. The molecule has 3 heteroatoms. The Labute approximate surface area is 91.1 Å². The van der Waals surface area contributed by atoms with Crippen LogP contribution in [0.5, 0.6) is 0 Å². The first-order valence-electron chi connectivity index (χ1n) is 4.53. The van der Waals surface area contributed by atoms with Gasteiger partial charge >= 0.3 is 5.97 Å². The average molecular weight is 255 g/mol. The van der Waals surface area contributed by atoms with Gasteiger partial charge in [0.25, 0.3) is 0 Å². The maximum absolute atomic E-state index is 11.0. The highest BCUT2D eigenvalue weighted by Gasteiger charge is 2.57. The van der Waals surface area contributed by atoms with Crippen LogP contribution in [0.1, 0.15) is 24.8 Å². The summed E-state index contributed by atoms with van der Waals surface area (Å²) in [6.07, 6.45) is 0.741. The van der Waals surface area contributed by atoms with Gasteiger partial charge in [-0.3, -0.25) is 4.79 Å². The largest absolute Gasteiger partial charge is 0.481 e. The molecule has 0 amide bonds. The molecule has 1 N–H and O–H groups in total. The number of hydrogen-bond donors (Lipinski definition) is 1. The molecule has 1 aliphatic rings. The van der Waals surface area contributed by atoms with E-state index in [9.17, 15) is 4.79 Å². The molecule has 2 rings (SSSR count). The van der Waals surface area contributed by atoms with Crippen molar-refractivity contribution >= 4 is 21.9 Å². The van der Waals surface area contributed by atoms with Crippen LogP contribution in [-0.2, 0) is 4.79 Å². The van der Waals surface area contributed by atoms with E-state index in [0.717, 1.165) is 16.5 Å². The van der Waals surface area contributed by atoms with E-state index in [1.165, 1.54) is 0 Å². The van der Waals surface area contributed by atoms with Crippen LogP contribution < -0.4 is 0 Å². The van der Waals surface area contributed by atoms with Crippen LogP contribution in [-0.4, -0.2) is 11.1 Å². The number of carbonyl (C=O) groups is 1. The van der Waals surface area contributed by atoms with Crippen LogP contribution in [0.4, 0.5) is 0 Å². The zero-order valence-electron chi connectivity index (χ0n) is 7.83. The topological polar surface area (TPSA) is 37.3 Å². The predicted octanol–water partition coefficient (Wildman–Crippen LogP) is 3.03. The molecule has 1 fully saturated rings. The Bertz CT molecular complexity index is 389. The fourth-order valence-corrected chi connectivity index (χ4v) is 2.37. The lowest BCUT2D eigenvalue weighted by Crippen LogP contribution is -2.12. The quantitative estimate of drug-likeness (QED) is 0.881. The minimum Gasteiger partial charge on any atom is -0.481 e. The molecule has 0 bridgehead atoms. The monoisotopic (exact) mass is 254 g/mol. The molecule has 0 radical (unpaired) electrons. The van der Waals surface area contributed by atoms with Gasteiger partial charge in [0, 0.05) is 10.4 Å². The summed E-state index contributed by atoms with van der Waals surface area (Å²) in [5, 5.41) is 9.02. The minimum absolute atomic E-state index is 0.163. The van der Waals surface area contributed by atoms with Crippen molar-refractivity contribution in [3.63, 3.8) is 0 Å². The summed E-state index contributed by atoms with van der Waals surface area (Å²) in [7, 11) is 0. The van der Waals surface area contributed by atoms with Gasteiger partial charge in [-0.05, 0) is 25.0 Å². The number of aliphatic carboxylic acids is 1. The first-order valence-corrected chi connectivity index (χ1v) is 5.33. The smallest absolute Gasteiger partial charge is 0.309 e. The van der Waals surface area contributed by atoms with Crippen molar-refractivity contribution in [1.29, 1.82) is 0 Å². The molecule has 74 valence electrons. The van der Waals surface area contributed by atoms with Crippen LogP contribution in [0.25, 0.3) is 0 Å². The maximum Gasteiger partial charge on any atom is 0.309 e. The van der Waals surface area contributed by atoms with Crippen LogP contribution in [0.3, 0.4) is 0 Å². The summed E-state index contributed by atoms with van der Waals surface area (Å²) >= 11 is 3.44. The van der Waals surface area contributed by atoms with E-state index in [1.54, 1.807) is 6.92 Å². The predicted molar refractivity (Wildman–Crippen MR) is 57.2 cm³/mol. The minimum atomic E-state index is -0.696. The average Bonchev–Trinajstić information content (AvgIpc) is 2.80. The number of carboxylic acids is 1. The summed E-state index contributed by atoms with van der Waals surface area (Å²) < 4.78 is 1.01. The lowest BCUT2D eigenvalue weighted by Gasteiger charge is -2.06. The molecule has 2 nitrogen and oxygen atoms in total. The first-order chi connectivity index (χ1) is 6.55. The lowest BCUT2D eigenvalue weighted by atomic mass is 10.0. The second kappa shape index (κ2) is 3.09. The van der Waals surface area contributed by atoms with Gasteiger partial charge in [-0.2, -0.15) is 0 Å². The molecule has 1 aromatic carbocycles. The molecule has 0 spiro atoms. The van der Waals surface area contributed by atoms with Gasteiger partial charge in [-0.15, -0.1) is 0 Å². The zero-order chi connectivity index (χ0) is 10.3. The number of hydrogen-bond acceptors (Lipinski definition) is 1. The van der Waals surface area contributed by atoms with E-state index in [0.29, 0.717) is 0 Å². The molecule has 0 aliphatic heterocycles. The van der Waals surface area contributed by atoms with Crippen molar-refractivity contribution < 1.29 is 9.90 Å². The van der Waals surface area contributed by atoms with E-state index < -0.39 is 11.4 Å². The number of benzene rings is 1. The summed E-state index contributed by atoms with van der Waals surface area (Å²) in [5.41, 5.74) is 0.557. The van der Waals surface area contributed by atoms with Crippen LogP contribution in [0.2, 0.25) is 0 Å². The van der Waals surface area contributed by atoms with Crippen LogP contribution in [0.15, 0.2) is 28.7 Å². The van der Waals surface area contributed by atoms with Crippen molar-refractivity contribution in [3.05, 3.63) is 34.3 Å². The number of halogens is 1. The number of rotatable bonds is 2. The Balaban J connectivity index is 2.29. The van der Waals surface area contributed by atoms with E-state index in [-0.39, 0.29) is 5.92 Å². The SMILES string of the molecule is C[C@@]1(C(=O)O)C[C@H]1c1ccccc1Br. The Morgan fingerprint density at radius 3 is 2.71 bits per heavy atom. The van der Waals surface area contributed by atoms with Gasteiger partial charge in [0.15, 0.2) is 0 Å². The Morgan fingerprint density at radius 2 is 2.21 bits per heavy atom.